The smallest absolute Gasteiger partial charge is 0.262 e. The Balaban J connectivity index is 1.90. The van der Waals surface area contributed by atoms with Crippen LogP contribution >= 0.6 is 0 Å². The number of nitrogens with zero attached hydrogens (tertiary/aromatic N) is 1. The van der Waals surface area contributed by atoms with Gasteiger partial charge in [-0.1, -0.05) is 51.1 Å². The molecule has 0 saturated carbocycles. The van der Waals surface area contributed by atoms with Crippen molar-refractivity contribution in [3.8, 4) is 5.75 Å². The van der Waals surface area contributed by atoms with Gasteiger partial charge in [0, 0.05) is 12.2 Å². The first kappa shape index (κ1) is 20.0. The summed E-state index contributed by atoms with van der Waals surface area (Å²) >= 11 is 0. The van der Waals surface area contributed by atoms with Crippen LogP contribution in [0, 0.1) is 0 Å². The molecule has 0 heterocycles. The molecule has 4 heteroatoms. The Morgan fingerprint density at radius 2 is 1.69 bits per heavy atom. The molecule has 0 unspecified atom stereocenters. The summed E-state index contributed by atoms with van der Waals surface area (Å²) in [5.41, 5.74) is 3.11. The maximum absolute atomic E-state index is 12.2. The van der Waals surface area contributed by atoms with Crippen molar-refractivity contribution in [3.63, 3.8) is 0 Å². The zero-order chi connectivity index (χ0) is 19.2. The molecule has 0 spiro atoms. The molecular formula is C22H30N2O2. The third-order valence-corrected chi connectivity index (χ3v) is 4.14. The molecule has 0 radical (unpaired) electrons. The van der Waals surface area contributed by atoms with E-state index in [4.69, 9.17) is 4.74 Å². The fraction of sp³-hybridized carbons (Fsp3) is 0.409. The predicted octanol–water partition coefficient (Wildman–Crippen LogP) is 4.11. The Hall–Kier alpha value is -2.33. The summed E-state index contributed by atoms with van der Waals surface area (Å²) in [6, 6.07) is 15.8. The molecule has 26 heavy (non-hydrogen) atoms. The molecule has 2 aromatic carbocycles. The lowest BCUT2D eigenvalue weighted by Crippen LogP contribution is -2.22. The van der Waals surface area contributed by atoms with Crippen LogP contribution < -0.4 is 10.1 Å². The van der Waals surface area contributed by atoms with E-state index in [2.05, 4.69) is 57.2 Å². The minimum absolute atomic E-state index is 0.00449. The largest absolute Gasteiger partial charge is 0.483 e. The van der Waals surface area contributed by atoms with Gasteiger partial charge < -0.3 is 15.0 Å². The van der Waals surface area contributed by atoms with E-state index < -0.39 is 0 Å². The number of anilines is 1. The van der Waals surface area contributed by atoms with Crippen molar-refractivity contribution in [1.29, 1.82) is 0 Å². The molecule has 0 aliphatic carbocycles. The van der Waals surface area contributed by atoms with Crippen LogP contribution in [0.1, 0.15) is 31.9 Å². The van der Waals surface area contributed by atoms with Crippen LogP contribution in [0.25, 0.3) is 0 Å². The van der Waals surface area contributed by atoms with E-state index in [-0.39, 0.29) is 17.9 Å². The molecule has 0 aromatic heterocycles. The molecule has 0 fully saturated rings. The number of carbonyl (C=O) groups is 1. The Bertz CT molecular complexity index is 716. The Morgan fingerprint density at radius 1 is 1.04 bits per heavy atom. The highest BCUT2D eigenvalue weighted by atomic mass is 16.5. The number of rotatable bonds is 7. The number of para-hydroxylation sites is 1. The third kappa shape index (κ3) is 6.19. The number of hydrogen-bond acceptors (Lipinski definition) is 3. The number of ether oxygens (including phenoxy) is 1. The van der Waals surface area contributed by atoms with Gasteiger partial charge in [0.1, 0.15) is 5.75 Å². The van der Waals surface area contributed by atoms with Gasteiger partial charge >= 0.3 is 0 Å². The fourth-order valence-electron chi connectivity index (χ4n) is 2.66. The van der Waals surface area contributed by atoms with E-state index in [0.29, 0.717) is 0 Å². The Kier molecular flexibility index (Phi) is 6.81. The van der Waals surface area contributed by atoms with E-state index in [0.717, 1.165) is 30.0 Å². The molecule has 140 valence electrons. The van der Waals surface area contributed by atoms with Crippen LogP contribution in [-0.2, 0) is 16.6 Å². The summed E-state index contributed by atoms with van der Waals surface area (Å²) in [6.07, 6.45) is 0.994. The van der Waals surface area contributed by atoms with E-state index in [1.807, 2.05) is 36.4 Å². The van der Waals surface area contributed by atoms with Gasteiger partial charge in [-0.2, -0.15) is 0 Å². The highest BCUT2D eigenvalue weighted by Crippen LogP contribution is 2.30. The van der Waals surface area contributed by atoms with Gasteiger partial charge in [-0.05, 0) is 55.3 Å². The van der Waals surface area contributed by atoms with Crippen molar-refractivity contribution in [2.75, 3.05) is 32.6 Å². The number of benzene rings is 2. The molecule has 1 N–H and O–H groups in total. The van der Waals surface area contributed by atoms with Crippen molar-refractivity contribution in [2.24, 2.45) is 0 Å². The SMILES string of the molecule is CN(C)CCc1ccc(NC(=O)COc2ccccc2C(C)(C)C)cc1. The summed E-state index contributed by atoms with van der Waals surface area (Å²) in [7, 11) is 4.12. The molecule has 0 saturated heterocycles. The molecule has 0 atom stereocenters. The molecule has 1 amide bonds. The zero-order valence-corrected chi connectivity index (χ0v) is 16.5. The minimum atomic E-state index is -0.158. The second-order valence-corrected chi connectivity index (χ2v) is 7.83. The van der Waals surface area contributed by atoms with Crippen molar-refractivity contribution in [3.05, 3.63) is 59.7 Å². The van der Waals surface area contributed by atoms with E-state index in [9.17, 15) is 4.79 Å². The predicted molar refractivity (Wildman–Crippen MR) is 108 cm³/mol. The number of hydrogen-bond donors (Lipinski definition) is 1. The summed E-state index contributed by atoms with van der Waals surface area (Å²) < 4.78 is 5.77. The molecule has 2 rings (SSSR count). The highest BCUT2D eigenvalue weighted by Gasteiger charge is 2.18. The topological polar surface area (TPSA) is 41.6 Å². The lowest BCUT2D eigenvalue weighted by molar-refractivity contribution is -0.118. The van der Waals surface area contributed by atoms with Crippen LogP contribution in [0.3, 0.4) is 0 Å². The summed E-state index contributed by atoms with van der Waals surface area (Å²) in [5, 5.41) is 2.89. The first-order valence-electron chi connectivity index (χ1n) is 9.01. The molecule has 0 aliphatic heterocycles. The first-order chi connectivity index (χ1) is 12.3. The van der Waals surface area contributed by atoms with Crippen LogP contribution in [0.2, 0.25) is 0 Å². The standard InChI is InChI=1S/C22H30N2O2/c1-22(2,3)19-8-6-7-9-20(19)26-16-21(25)23-18-12-10-17(11-13-18)14-15-24(4)5/h6-13H,14-16H2,1-5H3,(H,23,25). The van der Waals surface area contributed by atoms with Crippen molar-refractivity contribution < 1.29 is 9.53 Å². The van der Waals surface area contributed by atoms with Crippen molar-refractivity contribution >= 4 is 11.6 Å². The van der Waals surface area contributed by atoms with Crippen LogP contribution in [0.4, 0.5) is 5.69 Å². The van der Waals surface area contributed by atoms with Crippen molar-refractivity contribution in [1.82, 2.24) is 4.90 Å². The quantitative estimate of drug-likeness (QED) is 0.814. The normalized spacial score (nSPS) is 11.5. The average molecular weight is 354 g/mol. The second kappa shape index (κ2) is 8.86. The minimum Gasteiger partial charge on any atom is -0.483 e. The number of nitrogens with one attached hydrogen (secondary N) is 1. The van der Waals surface area contributed by atoms with Crippen LogP contribution in [-0.4, -0.2) is 38.1 Å². The van der Waals surface area contributed by atoms with Gasteiger partial charge in [0.25, 0.3) is 5.91 Å². The Labute approximate surface area is 157 Å². The maximum atomic E-state index is 12.2. The molecular weight excluding hydrogens is 324 g/mol. The van der Waals surface area contributed by atoms with Gasteiger partial charge in [0.2, 0.25) is 0 Å². The maximum Gasteiger partial charge on any atom is 0.262 e. The summed E-state index contributed by atoms with van der Waals surface area (Å²) in [5.74, 6) is 0.601. The monoisotopic (exact) mass is 354 g/mol. The van der Waals surface area contributed by atoms with Gasteiger partial charge in [-0.3, -0.25) is 4.79 Å². The Morgan fingerprint density at radius 3 is 2.31 bits per heavy atom. The van der Waals surface area contributed by atoms with Crippen LogP contribution in [0.15, 0.2) is 48.5 Å². The fourth-order valence-corrected chi connectivity index (χ4v) is 2.66. The lowest BCUT2D eigenvalue weighted by Gasteiger charge is -2.22. The number of likely N-dealkylation sites (N-methyl/N-ethyl adjacent to an activating group) is 1. The van der Waals surface area contributed by atoms with E-state index in [1.165, 1.54) is 5.56 Å². The highest BCUT2D eigenvalue weighted by molar-refractivity contribution is 5.91. The lowest BCUT2D eigenvalue weighted by atomic mass is 9.86. The summed E-state index contributed by atoms with van der Waals surface area (Å²) in [4.78, 5) is 14.4. The molecule has 4 nitrogen and oxygen atoms in total. The van der Waals surface area contributed by atoms with E-state index >= 15 is 0 Å². The zero-order valence-electron chi connectivity index (χ0n) is 16.5. The van der Waals surface area contributed by atoms with E-state index in [1.54, 1.807) is 0 Å². The number of carbonyl (C=O) groups excluding carboxylic acids is 1. The second-order valence-electron chi connectivity index (χ2n) is 7.83. The van der Waals surface area contributed by atoms with Gasteiger partial charge in [0.15, 0.2) is 6.61 Å². The third-order valence-electron chi connectivity index (χ3n) is 4.14. The molecule has 2 aromatic rings. The van der Waals surface area contributed by atoms with Crippen LogP contribution in [0.5, 0.6) is 5.75 Å². The first-order valence-corrected chi connectivity index (χ1v) is 9.01. The number of amides is 1. The summed E-state index contributed by atoms with van der Waals surface area (Å²) in [6.45, 7) is 7.40. The van der Waals surface area contributed by atoms with Gasteiger partial charge in [-0.25, -0.2) is 0 Å². The van der Waals surface area contributed by atoms with Gasteiger partial charge in [0.05, 0.1) is 0 Å². The molecule has 0 aliphatic rings. The van der Waals surface area contributed by atoms with Gasteiger partial charge in [-0.15, -0.1) is 0 Å². The van der Waals surface area contributed by atoms with Crippen molar-refractivity contribution in [2.45, 2.75) is 32.6 Å². The average Bonchev–Trinajstić information content (AvgIpc) is 2.59. The molecule has 0 bridgehead atoms.